The van der Waals surface area contributed by atoms with Gasteiger partial charge in [0.2, 0.25) is 0 Å². The first-order valence-electron chi connectivity index (χ1n) is 9.52. The van der Waals surface area contributed by atoms with Gasteiger partial charge in [-0.2, -0.15) is 0 Å². The summed E-state index contributed by atoms with van der Waals surface area (Å²) in [7, 11) is 5.03. The zero-order valence-corrected chi connectivity index (χ0v) is 16.4. The lowest BCUT2D eigenvalue weighted by atomic mass is 9.50. The number of carbonyl (C=O) groups excluding carboxylic acids is 1. The number of methoxy groups -OCH3 is 2. The fraction of sp³-hybridized carbons (Fsp3) is 0.571. The van der Waals surface area contributed by atoms with Crippen molar-refractivity contribution in [1.82, 2.24) is 4.90 Å². The molecule has 28 heavy (non-hydrogen) atoms. The maximum absolute atomic E-state index is 12.8. The molecule has 1 saturated heterocycles. The molecule has 0 spiro atoms. The Bertz CT molecular complexity index is 846. The third kappa shape index (κ3) is 2.21. The number of nitrogens with zero attached hydrogens (tertiary/aromatic N) is 1. The van der Waals surface area contributed by atoms with Gasteiger partial charge in [-0.3, -0.25) is 9.69 Å². The van der Waals surface area contributed by atoms with Crippen LogP contribution in [0.15, 0.2) is 24.0 Å². The highest BCUT2D eigenvalue weighted by molar-refractivity contribution is 5.96. The van der Waals surface area contributed by atoms with Crippen LogP contribution in [0.3, 0.4) is 0 Å². The van der Waals surface area contributed by atoms with Crippen LogP contribution >= 0.6 is 0 Å². The predicted octanol–water partition coefficient (Wildman–Crippen LogP) is 0.793. The van der Waals surface area contributed by atoms with Gasteiger partial charge in [0, 0.05) is 36.0 Å². The van der Waals surface area contributed by atoms with Gasteiger partial charge >= 0.3 is 0 Å². The van der Waals surface area contributed by atoms with Gasteiger partial charge in [0.25, 0.3) is 0 Å². The molecule has 0 radical (unpaired) electrons. The molecule has 1 aromatic carbocycles. The smallest absolute Gasteiger partial charge is 0.197 e. The van der Waals surface area contributed by atoms with Crippen LogP contribution in [0.4, 0.5) is 0 Å². The van der Waals surface area contributed by atoms with E-state index < -0.39 is 11.0 Å². The Balaban J connectivity index is 2.10. The van der Waals surface area contributed by atoms with Crippen molar-refractivity contribution in [2.45, 2.75) is 36.5 Å². The summed E-state index contributed by atoms with van der Waals surface area (Å²) < 4.78 is 11.3. The quantitative estimate of drug-likeness (QED) is 0.700. The van der Waals surface area contributed by atoms with Crippen LogP contribution in [0.1, 0.15) is 29.5 Å². The van der Waals surface area contributed by atoms with Crippen molar-refractivity contribution < 1.29 is 29.6 Å². The average molecular weight is 389 g/mol. The third-order valence-electron chi connectivity index (χ3n) is 7.13. The molecule has 2 aliphatic carbocycles. The number of hydrogen-bond donors (Lipinski definition) is 3. The Morgan fingerprint density at radius 3 is 2.64 bits per heavy atom. The molecule has 3 N–H and O–H groups in total. The van der Waals surface area contributed by atoms with E-state index in [1.807, 2.05) is 19.2 Å². The molecule has 4 atom stereocenters. The van der Waals surface area contributed by atoms with Gasteiger partial charge in [-0.1, -0.05) is 12.1 Å². The molecule has 3 aliphatic rings. The molecule has 7 nitrogen and oxygen atoms in total. The summed E-state index contributed by atoms with van der Waals surface area (Å²) in [6.07, 6.45) is 2.72. The number of hydrogen-bond acceptors (Lipinski definition) is 7. The highest BCUT2D eigenvalue weighted by Crippen LogP contribution is 2.61. The van der Waals surface area contributed by atoms with Gasteiger partial charge in [-0.05, 0) is 31.7 Å². The Morgan fingerprint density at radius 1 is 1.29 bits per heavy atom. The molecule has 1 unspecified atom stereocenters. The normalized spacial score (nSPS) is 34.5. The van der Waals surface area contributed by atoms with Crippen LogP contribution in [0, 0.1) is 5.92 Å². The summed E-state index contributed by atoms with van der Waals surface area (Å²) in [4.78, 5) is 15.0. The maximum Gasteiger partial charge on any atom is 0.197 e. The van der Waals surface area contributed by atoms with E-state index in [2.05, 4.69) is 4.90 Å². The second-order valence-corrected chi connectivity index (χ2v) is 8.10. The number of ether oxygens (including phenoxy) is 2. The van der Waals surface area contributed by atoms with Crippen LogP contribution in [0.25, 0.3) is 0 Å². The van der Waals surface area contributed by atoms with E-state index in [0.29, 0.717) is 35.4 Å². The molecule has 0 saturated carbocycles. The first-order chi connectivity index (χ1) is 13.4. The van der Waals surface area contributed by atoms with Gasteiger partial charge in [-0.25, -0.2) is 0 Å². The number of Topliss-reactive ketones (excluding diaryl/α,β-unsaturated/α-hetero) is 1. The van der Waals surface area contributed by atoms with Crippen LogP contribution in [-0.4, -0.2) is 66.5 Å². The molecule has 152 valence electrons. The van der Waals surface area contributed by atoms with E-state index >= 15 is 0 Å². The van der Waals surface area contributed by atoms with Crippen molar-refractivity contribution >= 4 is 5.78 Å². The van der Waals surface area contributed by atoms with E-state index in [9.17, 15) is 20.1 Å². The summed E-state index contributed by atoms with van der Waals surface area (Å²) in [5.74, 6) is 0.00382. The van der Waals surface area contributed by atoms with Crippen LogP contribution in [0.5, 0.6) is 5.75 Å². The van der Waals surface area contributed by atoms with E-state index in [1.54, 1.807) is 13.2 Å². The number of benzene rings is 1. The lowest BCUT2D eigenvalue weighted by molar-refractivity contribution is -0.160. The number of piperidine rings is 1. The molecule has 7 heteroatoms. The van der Waals surface area contributed by atoms with Crippen LogP contribution in [0.2, 0.25) is 0 Å². The first kappa shape index (κ1) is 19.4. The molecular weight excluding hydrogens is 362 g/mol. The number of aliphatic hydroxyl groups excluding tert-OH is 2. The third-order valence-corrected chi connectivity index (χ3v) is 7.13. The fourth-order valence-corrected chi connectivity index (χ4v) is 5.80. The average Bonchev–Trinajstić information content (AvgIpc) is 2.70. The number of rotatable bonds is 4. The van der Waals surface area contributed by atoms with Crippen molar-refractivity contribution in [3.05, 3.63) is 40.7 Å². The molecule has 1 aliphatic heterocycles. The number of fused-ring (bicyclic) bond motifs is 1. The van der Waals surface area contributed by atoms with Crippen LogP contribution < -0.4 is 0 Å². The molecule has 2 bridgehead atoms. The number of aliphatic hydroxyl groups is 2. The number of aromatic hydroxyl groups is 1. The molecule has 0 amide bonds. The summed E-state index contributed by atoms with van der Waals surface area (Å²) in [6.45, 7) is 0.105. The Labute approximate surface area is 164 Å². The summed E-state index contributed by atoms with van der Waals surface area (Å²) >= 11 is 0. The summed E-state index contributed by atoms with van der Waals surface area (Å²) in [5, 5.41) is 31.3. The first-order valence-corrected chi connectivity index (χ1v) is 9.52. The number of carbonyl (C=O) groups is 1. The number of likely N-dealkylation sites (N-methyl/N-ethyl adjacent to an activating group) is 1. The second kappa shape index (κ2) is 6.56. The highest BCUT2D eigenvalue weighted by atomic mass is 16.5. The Morgan fingerprint density at radius 2 is 2.04 bits per heavy atom. The van der Waals surface area contributed by atoms with Crippen LogP contribution in [-0.2, 0) is 31.9 Å². The minimum atomic E-state index is -1.07. The Kier molecular flexibility index (Phi) is 4.54. The van der Waals surface area contributed by atoms with E-state index in [-0.39, 0.29) is 43.1 Å². The number of allylic oxidation sites excluding steroid dienone is 1. The topological polar surface area (TPSA) is 99.5 Å². The minimum absolute atomic E-state index is 0.00931. The standard InChI is InChI=1S/C21H27NO6/c1-22-7-6-20-9-15(25)16(27-2)8-14(20)19(22)21(11-24,28-3)13-5-4-12(10-23)18(26)17(13)20/h4-5,8,14,19,23-24,26H,6-7,9-11H2,1-3H3/t14?,19-,20-,21-/m1/s1. The van der Waals surface area contributed by atoms with Crippen molar-refractivity contribution in [3.63, 3.8) is 0 Å². The molecule has 0 aromatic heterocycles. The molecule has 1 heterocycles. The summed E-state index contributed by atoms with van der Waals surface area (Å²) in [6, 6.07) is 3.23. The van der Waals surface area contributed by atoms with Gasteiger partial charge in [-0.15, -0.1) is 0 Å². The molecular formula is C21H27NO6. The van der Waals surface area contributed by atoms with Crippen molar-refractivity contribution in [2.24, 2.45) is 5.92 Å². The summed E-state index contributed by atoms with van der Waals surface area (Å²) in [5.41, 5.74) is 0.00472. The van der Waals surface area contributed by atoms with E-state index in [4.69, 9.17) is 9.47 Å². The van der Waals surface area contributed by atoms with Gasteiger partial charge < -0.3 is 24.8 Å². The lowest BCUT2D eigenvalue weighted by Crippen LogP contribution is -2.69. The van der Waals surface area contributed by atoms with Gasteiger partial charge in [0.15, 0.2) is 11.5 Å². The maximum atomic E-state index is 12.8. The molecule has 1 aromatic rings. The van der Waals surface area contributed by atoms with E-state index in [0.717, 1.165) is 0 Å². The largest absolute Gasteiger partial charge is 0.507 e. The van der Waals surface area contributed by atoms with Gasteiger partial charge in [0.1, 0.15) is 11.4 Å². The second-order valence-electron chi connectivity index (χ2n) is 8.10. The van der Waals surface area contributed by atoms with Crippen molar-refractivity contribution in [2.75, 3.05) is 34.4 Å². The number of likely N-dealkylation sites (tertiary alicyclic amines) is 1. The number of phenols is 1. The van der Waals surface area contributed by atoms with E-state index in [1.165, 1.54) is 7.11 Å². The zero-order valence-electron chi connectivity index (χ0n) is 16.4. The zero-order chi connectivity index (χ0) is 20.3. The minimum Gasteiger partial charge on any atom is -0.507 e. The number of ketones is 1. The SMILES string of the molecule is COC1=CC2[C@H]3N(C)CC[C@]2(CC1=O)c1c(ccc(CO)c1O)[C@@]3(CO)OC. The monoisotopic (exact) mass is 389 g/mol. The molecule has 1 fully saturated rings. The predicted molar refractivity (Wildman–Crippen MR) is 101 cm³/mol. The lowest BCUT2D eigenvalue weighted by Gasteiger charge is -2.62. The van der Waals surface area contributed by atoms with Gasteiger partial charge in [0.05, 0.1) is 26.4 Å². The van der Waals surface area contributed by atoms with Crippen molar-refractivity contribution in [1.29, 1.82) is 0 Å². The molecule has 4 rings (SSSR count). The van der Waals surface area contributed by atoms with Crippen molar-refractivity contribution in [3.8, 4) is 5.75 Å². The fourth-order valence-electron chi connectivity index (χ4n) is 5.80. The Hall–Kier alpha value is -1.93. The highest BCUT2D eigenvalue weighted by Gasteiger charge is 2.64.